The normalized spacial score (nSPS) is 19.1. The third-order valence-electron chi connectivity index (χ3n) is 3.85. The van der Waals surface area contributed by atoms with Crippen molar-refractivity contribution in [3.05, 3.63) is 35.6 Å². The molecular formula is C15H23FN2O2. The van der Waals surface area contributed by atoms with Crippen LogP contribution in [-0.4, -0.2) is 49.0 Å². The van der Waals surface area contributed by atoms with Gasteiger partial charge in [0.25, 0.3) is 0 Å². The predicted molar refractivity (Wildman–Crippen MR) is 75.8 cm³/mol. The number of nitrogens with zero attached hydrogens (tertiary/aromatic N) is 1. The van der Waals surface area contributed by atoms with Gasteiger partial charge in [-0.05, 0) is 18.9 Å². The Balaban J connectivity index is 1.95. The van der Waals surface area contributed by atoms with E-state index in [1.807, 2.05) is 6.07 Å². The lowest BCUT2D eigenvalue weighted by atomic mass is 10.00. The van der Waals surface area contributed by atoms with E-state index in [2.05, 4.69) is 4.90 Å². The van der Waals surface area contributed by atoms with E-state index in [1.54, 1.807) is 12.1 Å². The molecule has 2 rings (SSSR count). The zero-order valence-electron chi connectivity index (χ0n) is 11.7. The molecule has 1 atom stereocenters. The number of hydrogen-bond donors (Lipinski definition) is 2. The molecule has 1 aliphatic rings. The molecule has 1 aromatic carbocycles. The quantitative estimate of drug-likeness (QED) is 0.825. The van der Waals surface area contributed by atoms with E-state index in [0.717, 1.165) is 25.9 Å². The Morgan fingerprint density at radius 3 is 2.65 bits per heavy atom. The molecule has 1 aliphatic heterocycles. The van der Waals surface area contributed by atoms with Gasteiger partial charge in [-0.3, -0.25) is 4.90 Å². The highest BCUT2D eigenvalue weighted by Crippen LogP contribution is 2.26. The average Bonchev–Trinajstić information content (AvgIpc) is 2.49. The predicted octanol–water partition coefficient (Wildman–Crippen LogP) is 1.30. The molecule has 1 fully saturated rings. The van der Waals surface area contributed by atoms with Crippen LogP contribution in [0.1, 0.15) is 24.4 Å². The summed E-state index contributed by atoms with van der Waals surface area (Å²) in [6.07, 6.45) is 1.98. The van der Waals surface area contributed by atoms with Crippen LogP contribution in [0, 0.1) is 5.82 Å². The number of aliphatic hydroxyl groups excluding tert-OH is 1. The molecule has 0 spiro atoms. The average molecular weight is 282 g/mol. The van der Waals surface area contributed by atoms with Crippen LogP contribution in [0.25, 0.3) is 0 Å². The van der Waals surface area contributed by atoms with Gasteiger partial charge in [-0.25, -0.2) is 4.39 Å². The van der Waals surface area contributed by atoms with E-state index >= 15 is 0 Å². The second kappa shape index (κ2) is 7.69. The lowest BCUT2D eigenvalue weighted by Gasteiger charge is -2.37. The number of halogens is 1. The zero-order chi connectivity index (χ0) is 14.4. The van der Waals surface area contributed by atoms with Crippen LogP contribution in [0.3, 0.4) is 0 Å². The van der Waals surface area contributed by atoms with Gasteiger partial charge >= 0.3 is 0 Å². The fourth-order valence-corrected chi connectivity index (χ4v) is 2.79. The van der Waals surface area contributed by atoms with Gasteiger partial charge in [-0.15, -0.1) is 0 Å². The Bertz CT molecular complexity index is 409. The third kappa shape index (κ3) is 3.76. The van der Waals surface area contributed by atoms with Gasteiger partial charge in [0, 0.05) is 31.2 Å². The second-order valence-electron chi connectivity index (χ2n) is 5.10. The van der Waals surface area contributed by atoms with Crippen LogP contribution >= 0.6 is 0 Å². The Labute approximate surface area is 119 Å². The smallest absolute Gasteiger partial charge is 0.128 e. The maximum atomic E-state index is 13.9. The molecule has 1 aromatic rings. The maximum Gasteiger partial charge on any atom is 0.128 e. The molecule has 5 heteroatoms. The number of benzene rings is 1. The summed E-state index contributed by atoms with van der Waals surface area (Å²) in [6.45, 7) is 2.53. The molecule has 0 bridgehead atoms. The minimum absolute atomic E-state index is 0.0564. The summed E-state index contributed by atoms with van der Waals surface area (Å²) in [4.78, 5) is 2.22. The van der Waals surface area contributed by atoms with Crippen molar-refractivity contribution in [1.29, 1.82) is 0 Å². The summed E-state index contributed by atoms with van der Waals surface area (Å²) in [5.41, 5.74) is 6.52. The number of piperidine rings is 1. The molecule has 112 valence electrons. The van der Waals surface area contributed by atoms with E-state index in [-0.39, 0.29) is 24.6 Å². The Morgan fingerprint density at radius 2 is 2.05 bits per heavy atom. The number of nitrogens with two attached hydrogens (primary N) is 1. The molecule has 3 N–H and O–H groups in total. The fourth-order valence-electron chi connectivity index (χ4n) is 2.79. The third-order valence-corrected chi connectivity index (χ3v) is 3.85. The van der Waals surface area contributed by atoms with Crippen LogP contribution in [0.5, 0.6) is 0 Å². The lowest BCUT2D eigenvalue weighted by Crippen LogP contribution is -2.42. The first-order chi connectivity index (χ1) is 9.76. The molecule has 0 radical (unpaired) electrons. The summed E-state index contributed by atoms with van der Waals surface area (Å²) < 4.78 is 19.4. The molecule has 1 unspecified atom stereocenters. The first-order valence-corrected chi connectivity index (χ1v) is 7.17. The Morgan fingerprint density at radius 1 is 1.35 bits per heavy atom. The van der Waals surface area contributed by atoms with Gasteiger partial charge < -0.3 is 15.6 Å². The molecule has 0 saturated carbocycles. The largest absolute Gasteiger partial charge is 0.394 e. The van der Waals surface area contributed by atoms with Crippen molar-refractivity contribution in [2.75, 3.05) is 32.8 Å². The first kappa shape index (κ1) is 15.4. The summed E-state index contributed by atoms with van der Waals surface area (Å²) >= 11 is 0. The van der Waals surface area contributed by atoms with Crippen molar-refractivity contribution in [3.63, 3.8) is 0 Å². The second-order valence-corrected chi connectivity index (χ2v) is 5.10. The van der Waals surface area contributed by atoms with E-state index in [1.165, 1.54) is 6.07 Å². The van der Waals surface area contributed by atoms with Crippen molar-refractivity contribution in [3.8, 4) is 0 Å². The molecule has 0 aromatic heterocycles. The van der Waals surface area contributed by atoms with Gasteiger partial charge in [-0.2, -0.15) is 0 Å². The lowest BCUT2D eigenvalue weighted by molar-refractivity contribution is -0.0151. The number of ether oxygens (including phenoxy) is 1. The summed E-state index contributed by atoms with van der Waals surface area (Å²) in [6, 6.07) is 6.76. The van der Waals surface area contributed by atoms with E-state index in [4.69, 9.17) is 15.6 Å². The highest BCUT2D eigenvalue weighted by Gasteiger charge is 2.26. The van der Waals surface area contributed by atoms with Crippen molar-refractivity contribution in [2.45, 2.75) is 25.0 Å². The van der Waals surface area contributed by atoms with E-state index < -0.39 is 0 Å². The highest BCUT2D eigenvalue weighted by atomic mass is 19.1. The summed E-state index contributed by atoms with van der Waals surface area (Å²) in [5.74, 6) is -0.193. The van der Waals surface area contributed by atoms with Crippen molar-refractivity contribution < 1.29 is 14.2 Å². The maximum absolute atomic E-state index is 13.9. The van der Waals surface area contributed by atoms with Crippen molar-refractivity contribution >= 4 is 0 Å². The topological polar surface area (TPSA) is 58.7 Å². The van der Waals surface area contributed by atoms with Gasteiger partial charge in [-0.1, -0.05) is 18.2 Å². The van der Waals surface area contributed by atoms with Crippen LogP contribution in [-0.2, 0) is 4.74 Å². The number of hydrogen-bond acceptors (Lipinski definition) is 4. The minimum atomic E-state index is -0.193. The fraction of sp³-hybridized carbons (Fsp3) is 0.600. The van der Waals surface area contributed by atoms with Gasteiger partial charge in [0.05, 0.1) is 19.3 Å². The first-order valence-electron chi connectivity index (χ1n) is 7.17. The zero-order valence-corrected chi connectivity index (χ0v) is 11.7. The summed E-state index contributed by atoms with van der Waals surface area (Å²) in [7, 11) is 0. The molecule has 0 amide bonds. The van der Waals surface area contributed by atoms with Crippen molar-refractivity contribution in [1.82, 2.24) is 4.90 Å². The Hall–Kier alpha value is -1.01. The number of aliphatic hydroxyl groups is 1. The van der Waals surface area contributed by atoms with Crippen LogP contribution < -0.4 is 5.73 Å². The van der Waals surface area contributed by atoms with Crippen LogP contribution in [0.15, 0.2) is 24.3 Å². The highest BCUT2D eigenvalue weighted by molar-refractivity contribution is 5.21. The molecule has 0 aliphatic carbocycles. The monoisotopic (exact) mass is 282 g/mol. The van der Waals surface area contributed by atoms with Gasteiger partial charge in [0.1, 0.15) is 5.82 Å². The van der Waals surface area contributed by atoms with Crippen LogP contribution in [0.2, 0.25) is 0 Å². The van der Waals surface area contributed by atoms with Crippen molar-refractivity contribution in [2.24, 2.45) is 5.73 Å². The van der Waals surface area contributed by atoms with Crippen LogP contribution in [0.4, 0.5) is 4.39 Å². The standard InChI is InChI=1S/C15H23FN2O2/c16-14-4-2-1-3-13(14)15(11-17)18-7-5-12(6-8-18)20-10-9-19/h1-4,12,15,19H,5-11,17H2. The SMILES string of the molecule is NCC(c1ccccc1F)N1CCC(OCCO)CC1. The molecule has 1 saturated heterocycles. The van der Waals surface area contributed by atoms with E-state index in [9.17, 15) is 4.39 Å². The molecule has 4 nitrogen and oxygen atoms in total. The van der Waals surface area contributed by atoms with E-state index in [0.29, 0.717) is 18.7 Å². The summed E-state index contributed by atoms with van der Waals surface area (Å²) in [5, 5.41) is 8.76. The number of likely N-dealkylation sites (tertiary alicyclic amines) is 1. The molecule has 20 heavy (non-hydrogen) atoms. The van der Waals surface area contributed by atoms with Gasteiger partial charge in [0.2, 0.25) is 0 Å². The van der Waals surface area contributed by atoms with Gasteiger partial charge in [0.15, 0.2) is 0 Å². The minimum Gasteiger partial charge on any atom is -0.394 e. The molecule has 1 heterocycles. The Kier molecular flexibility index (Phi) is 5.91. The molecular weight excluding hydrogens is 259 g/mol. The number of rotatable bonds is 6.